The fourth-order valence-corrected chi connectivity index (χ4v) is 4.50. The lowest BCUT2D eigenvalue weighted by atomic mass is 9.94. The Labute approximate surface area is 159 Å². The van der Waals surface area contributed by atoms with Crippen LogP contribution in [0.3, 0.4) is 0 Å². The van der Waals surface area contributed by atoms with E-state index in [0.717, 1.165) is 58.3 Å². The molecule has 1 N–H and O–H groups in total. The third kappa shape index (κ3) is 5.21. The monoisotopic (exact) mass is 365 g/mol. The molecule has 1 saturated carbocycles. The van der Waals surface area contributed by atoms with Crippen molar-refractivity contribution in [1.82, 2.24) is 15.1 Å². The molecule has 1 aliphatic heterocycles. The fraction of sp³-hybridized carbons (Fsp3) is 0.905. The van der Waals surface area contributed by atoms with Gasteiger partial charge in [0.15, 0.2) is 0 Å². The molecule has 0 aromatic rings. The van der Waals surface area contributed by atoms with Crippen LogP contribution in [0.2, 0.25) is 0 Å². The van der Waals surface area contributed by atoms with Crippen molar-refractivity contribution in [3.8, 4) is 0 Å². The van der Waals surface area contributed by atoms with E-state index in [-0.39, 0.29) is 23.9 Å². The van der Waals surface area contributed by atoms with Gasteiger partial charge in [-0.1, -0.05) is 33.6 Å². The molecule has 2 atom stereocenters. The average molecular weight is 366 g/mol. The molecule has 150 valence electrons. The van der Waals surface area contributed by atoms with E-state index in [9.17, 15) is 9.59 Å². The van der Waals surface area contributed by atoms with Crippen molar-refractivity contribution >= 4 is 11.8 Å². The second-order valence-electron chi connectivity index (χ2n) is 8.18. The van der Waals surface area contributed by atoms with Gasteiger partial charge in [0, 0.05) is 38.1 Å². The van der Waals surface area contributed by atoms with Crippen LogP contribution in [0, 0.1) is 11.8 Å². The van der Waals surface area contributed by atoms with E-state index in [2.05, 4.69) is 37.9 Å². The Kier molecular flexibility index (Phi) is 8.39. The maximum atomic E-state index is 13.0. The van der Waals surface area contributed by atoms with Gasteiger partial charge in [-0.25, -0.2) is 0 Å². The highest BCUT2D eigenvalue weighted by Crippen LogP contribution is 2.31. The second-order valence-corrected chi connectivity index (χ2v) is 8.18. The summed E-state index contributed by atoms with van der Waals surface area (Å²) < 4.78 is 0. The van der Waals surface area contributed by atoms with Crippen molar-refractivity contribution in [2.24, 2.45) is 11.8 Å². The summed E-state index contributed by atoms with van der Waals surface area (Å²) in [5.41, 5.74) is 0. The number of nitrogens with zero attached hydrogens (tertiary/aromatic N) is 2. The van der Waals surface area contributed by atoms with Crippen LogP contribution in [0.15, 0.2) is 0 Å². The fourth-order valence-electron chi connectivity index (χ4n) is 4.50. The molecule has 5 nitrogen and oxygen atoms in total. The zero-order valence-corrected chi connectivity index (χ0v) is 17.3. The minimum absolute atomic E-state index is 0.0168. The number of hydrogen-bond donors (Lipinski definition) is 1. The predicted octanol–water partition coefficient (Wildman–Crippen LogP) is 3.04. The standard InChI is InChI=1S/C21H39N3O2/c1-5-16(4)22-20(25)19(18-10-8-9-11-18)23-12-14-24(15-13-23)21(26)17(6-2)7-3/h16-19H,5-15H2,1-4H3,(H,22,25). The minimum Gasteiger partial charge on any atom is -0.352 e. The van der Waals surface area contributed by atoms with E-state index in [0.29, 0.717) is 11.8 Å². The summed E-state index contributed by atoms with van der Waals surface area (Å²) in [5, 5.41) is 3.21. The lowest BCUT2D eigenvalue weighted by molar-refractivity contribution is -0.139. The zero-order chi connectivity index (χ0) is 19.1. The van der Waals surface area contributed by atoms with Crippen LogP contribution in [0.4, 0.5) is 0 Å². The van der Waals surface area contributed by atoms with E-state index in [1.54, 1.807) is 0 Å². The van der Waals surface area contributed by atoms with Crippen LogP contribution < -0.4 is 5.32 Å². The number of rotatable bonds is 8. The van der Waals surface area contributed by atoms with Crippen molar-refractivity contribution in [2.75, 3.05) is 26.2 Å². The van der Waals surface area contributed by atoms with Crippen molar-refractivity contribution in [3.63, 3.8) is 0 Å². The molecule has 0 aromatic carbocycles. The average Bonchev–Trinajstić information content (AvgIpc) is 3.17. The summed E-state index contributed by atoms with van der Waals surface area (Å²) in [6.07, 6.45) is 7.59. The molecule has 2 unspecified atom stereocenters. The van der Waals surface area contributed by atoms with Gasteiger partial charge in [0.2, 0.25) is 11.8 Å². The maximum absolute atomic E-state index is 13.0. The van der Waals surface area contributed by atoms with E-state index < -0.39 is 0 Å². The molecule has 0 radical (unpaired) electrons. The van der Waals surface area contributed by atoms with Crippen LogP contribution in [0.1, 0.15) is 72.6 Å². The van der Waals surface area contributed by atoms with Gasteiger partial charge in [0.1, 0.15) is 0 Å². The lowest BCUT2D eigenvalue weighted by Crippen LogP contribution is -2.59. The predicted molar refractivity (Wildman–Crippen MR) is 106 cm³/mol. The Morgan fingerprint density at radius 3 is 2.04 bits per heavy atom. The van der Waals surface area contributed by atoms with Gasteiger partial charge in [0.05, 0.1) is 6.04 Å². The molecule has 1 heterocycles. The van der Waals surface area contributed by atoms with Crippen LogP contribution in [-0.2, 0) is 9.59 Å². The van der Waals surface area contributed by atoms with Crippen LogP contribution >= 0.6 is 0 Å². The van der Waals surface area contributed by atoms with Gasteiger partial charge < -0.3 is 10.2 Å². The normalized spacial score (nSPS) is 21.8. The molecule has 2 aliphatic rings. The van der Waals surface area contributed by atoms with Gasteiger partial charge in [-0.3, -0.25) is 14.5 Å². The first-order valence-electron chi connectivity index (χ1n) is 10.8. The third-order valence-electron chi connectivity index (χ3n) is 6.47. The molecule has 1 saturated heterocycles. The Morgan fingerprint density at radius 1 is 0.962 bits per heavy atom. The lowest BCUT2D eigenvalue weighted by Gasteiger charge is -2.41. The maximum Gasteiger partial charge on any atom is 0.237 e. The summed E-state index contributed by atoms with van der Waals surface area (Å²) in [7, 11) is 0. The van der Waals surface area contributed by atoms with Gasteiger partial charge in [-0.15, -0.1) is 0 Å². The van der Waals surface area contributed by atoms with Gasteiger partial charge in [-0.2, -0.15) is 0 Å². The molecule has 26 heavy (non-hydrogen) atoms. The summed E-state index contributed by atoms with van der Waals surface area (Å²) in [5.74, 6) is 1.13. The molecular formula is C21H39N3O2. The Morgan fingerprint density at radius 2 is 1.54 bits per heavy atom. The Hall–Kier alpha value is -1.10. The van der Waals surface area contributed by atoms with E-state index >= 15 is 0 Å². The number of carbonyl (C=O) groups excluding carboxylic acids is 2. The molecular weight excluding hydrogens is 326 g/mol. The minimum atomic E-state index is -0.0168. The number of amides is 2. The number of carbonyl (C=O) groups is 2. The van der Waals surface area contributed by atoms with Crippen LogP contribution in [0.25, 0.3) is 0 Å². The Bertz CT molecular complexity index is 450. The summed E-state index contributed by atoms with van der Waals surface area (Å²) in [6, 6.07) is 0.209. The molecule has 2 fully saturated rings. The SMILES string of the molecule is CCC(C)NC(=O)C(C1CCCC1)N1CCN(C(=O)C(CC)CC)CC1. The number of piperazine rings is 1. The first-order valence-corrected chi connectivity index (χ1v) is 10.8. The van der Waals surface area contributed by atoms with E-state index in [1.807, 2.05) is 4.90 Å². The molecule has 1 aliphatic carbocycles. The summed E-state index contributed by atoms with van der Waals surface area (Å²) in [4.78, 5) is 30.0. The second kappa shape index (κ2) is 10.3. The topological polar surface area (TPSA) is 52.7 Å². The van der Waals surface area contributed by atoms with Crippen molar-refractivity contribution in [1.29, 1.82) is 0 Å². The van der Waals surface area contributed by atoms with E-state index in [4.69, 9.17) is 0 Å². The van der Waals surface area contributed by atoms with Gasteiger partial charge in [-0.05, 0) is 44.9 Å². The largest absolute Gasteiger partial charge is 0.352 e. The Balaban J connectivity index is 1.99. The van der Waals surface area contributed by atoms with Crippen molar-refractivity contribution < 1.29 is 9.59 Å². The van der Waals surface area contributed by atoms with E-state index in [1.165, 1.54) is 12.8 Å². The quantitative estimate of drug-likeness (QED) is 0.719. The molecule has 0 aromatic heterocycles. The molecule has 2 amide bonds. The van der Waals surface area contributed by atoms with Crippen molar-refractivity contribution in [2.45, 2.75) is 84.7 Å². The number of hydrogen-bond acceptors (Lipinski definition) is 3. The molecule has 2 rings (SSSR count). The highest BCUT2D eigenvalue weighted by Gasteiger charge is 2.37. The van der Waals surface area contributed by atoms with Gasteiger partial charge >= 0.3 is 0 Å². The smallest absolute Gasteiger partial charge is 0.237 e. The summed E-state index contributed by atoms with van der Waals surface area (Å²) in [6.45, 7) is 11.5. The van der Waals surface area contributed by atoms with Crippen LogP contribution in [-0.4, -0.2) is 59.9 Å². The van der Waals surface area contributed by atoms with Crippen LogP contribution in [0.5, 0.6) is 0 Å². The molecule has 0 bridgehead atoms. The third-order valence-corrected chi connectivity index (χ3v) is 6.47. The van der Waals surface area contributed by atoms with Gasteiger partial charge in [0.25, 0.3) is 0 Å². The first kappa shape index (κ1) is 21.2. The highest BCUT2D eigenvalue weighted by atomic mass is 16.2. The summed E-state index contributed by atoms with van der Waals surface area (Å²) >= 11 is 0. The highest BCUT2D eigenvalue weighted by molar-refractivity contribution is 5.82. The number of nitrogens with one attached hydrogen (secondary N) is 1. The first-order chi connectivity index (χ1) is 12.5. The zero-order valence-electron chi connectivity index (χ0n) is 17.3. The molecule has 0 spiro atoms. The molecule has 5 heteroatoms. The van der Waals surface area contributed by atoms with Crippen molar-refractivity contribution in [3.05, 3.63) is 0 Å².